The standard InChI is InChI=1S/C17H26BrN3O2/c1-13(23-16-6-4-3-5-15(16)18)11-21-17(19-2)20-9-10-22-12-14-7-8-14/h3-6,13-14H,7-12H2,1-2H3,(H2,19,20,21). The molecule has 0 aromatic heterocycles. The van der Waals surface area contributed by atoms with Crippen LogP contribution in [0.4, 0.5) is 0 Å². The van der Waals surface area contributed by atoms with Crippen LogP contribution in [0.1, 0.15) is 19.8 Å². The van der Waals surface area contributed by atoms with Gasteiger partial charge in [-0.3, -0.25) is 4.99 Å². The molecule has 6 heteroatoms. The first-order valence-electron chi connectivity index (χ1n) is 8.12. The van der Waals surface area contributed by atoms with E-state index >= 15 is 0 Å². The molecular formula is C17H26BrN3O2. The van der Waals surface area contributed by atoms with Gasteiger partial charge >= 0.3 is 0 Å². The van der Waals surface area contributed by atoms with Gasteiger partial charge in [0.25, 0.3) is 0 Å². The molecule has 0 amide bonds. The molecule has 0 bridgehead atoms. The number of guanidine groups is 1. The topological polar surface area (TPSA) is 54.9 Å². The summed E-state index contributed by atoms with van der Waals surface area (Å²) in [7, 11) is 1.76. The maximum atomic E-state index is 5.90. The Morgan fingerprint density at radius 3 is 2.83 bits per heavy atom. The zero-order chi connectivity index (χ0) is 16.5. The molecule has 0 spiro atoms. The summed E-state index contributed by atoms with van der Waals surface area (Å²) < 4.78 is 12.5. The van der Waals surface area contributed by atoms with Crippen molar-refractivity contribution in [1.82, 2.24) is 10.6 Å². The summed E-state index contributed by atoms with van der Waals surface area (Å²) in [6.45, 7) is 5.05. The van der Waals surface area contributed by atoms with Gasteiger partial charge in [-0.25, -0.2) is 0 Å². The molecule has 23 heavy (non-hydrogen) atoms. The van der Waals surface area contributed by atoms with Crippen molar-refractivity contribution in [3.63, 3.8) is 0 Å². The average molecular weight is 384 g/mol. The summed E-state index contributed by atoms with van der Waals surface area (Å²) in [6, 6.07) is 7.85. The Morgan fingerprint density at radius 1 is 1.35 bits per heavy atom. The summed E-state index contributed by atoms with van der Waals surface area (Å²) in [5, 5.41) is 6.51. The average Bonchev–Trinajstić information content (AvgIpc) is 3.36. The van der Waals surface area contributed by atoms with Gasteiger partial charge in [-0.05, 0) is 53.7 Å². The van der Waals surface area contributed by atoms with Crippen molar-refractivity contribution in [2.24, 2.45) is 10.9 Å². The molecule has 1 aromatic carbocycles. The van der Waals surface area contributed by atoms with Crippen LogP contribution in [0.2, 0.25) is 0 Å². The molecule has 1 aliphatic rings. The third kappa shape index (κ3) is 7.22. The van der Waals surface area contributed by atoms with Gasteiger partial charge in [0.15, 0.2) is 5.96 Å². The van der Waals surface area contributed by atoms with E-state index in [4.69, 9.17) is 9.47 Å². The van der Waals surface area contributed by atoms with Gasteiger partial charge < -0.3 is 20.1 Å². The van der Waals surface area contributed by atoms with Crippen LogP contribution < -0.4 is 15.4 Å². The van der Waals surface area contributed by atoms with E-state index in [1.54, 1.807) is 7.05 Å². The second-order valence-corrected chi connectivity index (χ2v) is 6.61. The first-order chi connectivity index (χ1) is 11.2. The molecule has 1 fully saturated rings. The van der Waals surface area contributed by atoms with E-state index in [1.807, 2.05) is 31.2 Å². The van der Waals surface area contributed by atoms with Crippen LogP contribution in [0.3, 0.4) is 0 Å². The van der Waals surface area contributed by atoms with Crippen LogP contribution in [-0.2, 0) is 4.74 Å². The first kappa shape index (κ1) is 18.1. The summed E-state index contributed by atoms with van der Waals surface area (Å²) in [5.41, 5.74) is 0. The number of para-hydroxylation sites is 1. The molecule has 1 aliphatic carbocycles. The molecule has 1 saturated carbocycles. The number of hydrogen-bond donors (Lipinski definition) is 2. The highest BCUT2D eigenvalue weighted by molar-refractivity contribution is 9.10. The van der Waals surface area contributed by atoms with Crippen molar-refractivity contribution < 1.29 is 9.47 Å². The number of ether oxygens (including phenoxy) is 2. The third-order valence-electron chi connectivity index (χ3n) is 3.53. The molecule has 1 atom stereocenters. The fraction of sp³-hybridized carbons (Fsp3) is 0.588. The smallest absolute Gasteiger partial charge is 0.191 e. The monoisotopic (exact) mass is 383 g/mol. The Balaban J connectivity index is 1.60. The fourth-order valence-electron chi connectivity index (χ4n) is 2.04. The maximum Gasteiger partial charge on any atom is 0.191 e. The zero-order valence-electron chi connectivity index (χ0n) is 13.8. The third-order valence-corrected chi connectivity index (χ3v) is 4.19. The van der Waals surface area contributed by atoms with Crippen LogP contribution >= 0.6 is 15.9 Å². The molecule has 1 aromatic rings. The minimum atomic E-state index is 0.0263. The first-order valence-corrected chi connectivity index (χ1v) is 8.91. The van der Waals surface area contributed by atoms with Crippen molar-refractivity contribution in [2.45, 2.75) is 25.9 Å². The summed E-state index contributed by atoms with van der Waals surface area (Å²) >= 11 is 3.49. The normalized spacial score (nSPS) is 16.0. The van der Waals surface area contributed by atoms with Gasteiger partial charge in [0.1, 0.15) is 11.9 Å². The highest BCUT2D eigenvalue weighted by Crippen LogP contribution is 2.28. The lowest BCUT2D eigenvalue weighted by Crippen LogP contribution is -2.42. The largest absolute Gasteiger partial charge is 0.488 e. The minimum absolute atomic E-state index is 0.0263. The number of aliphatic imine (C=N–C) groups is 1. The molecule has 128 valence electrons. The molecule has 0 aliphatic heterocycles. The van der Waals surface area contributed by atoms with Crippen molar-refractivity contribution >= 4 is 21.9 Å². The van der Waals surface area contributed by atoms with E-state index in [1.165, 1.54) is 12.8 Å². The second kappa shape index (κ2) is 9.78. The van der Waals surface area contributed by atoms with Gasteiger partial charge in [-0.15, -0.1) is 0 Å². The fourth-order valence-corrected chi connectivity index (χ4v) is 2.41. The van der Waals surface area contributed by atoms with Crippen LogP contribution in [0.15, 0.2) is 33.7 Å². The summed E-state index contributed by atoms with van der Waals surface area (Å²) in [5.74, 6) is 2.42. The van der Waals surface area contributed by atoms with Crippen molar-refractivity contribution in [1.29, 1.82) is 0 Å². The Labute approximate surface area is 147 Å². The lowest BCUT2D eigenvalue weighted by Gasteiger charge is -2.18. The van der Waals surface area contributed by atoms with Crippen molar-refractivity contribution in [2.75, 3.05) is 33.4 Å². The van der Waals surface area contributed by atoms with Crippen molar-refractivity contribution in [3.8, 4) is 5.75 Å². The summed E-state index contributed by atoms with van der Waals surface area (Å²) in [6.07, 6.45) is 2.68. The Morgan fingerprint density at radius 2 is 2.13 bits per heavy atom. The van der Waals surface area contributed by atoms with E-state index in [0.29, 0.717) is 13.2 Å². The molecule has 2 rings (SSSR count). The van der Waals surface area contributed by atoms with Crippen LogP contribution in [-0.4, -0.2) is 45.4 Å². The van der Waals surface area contributed by atoms with E-state index < -0.39 is 0 Å². The van der Waals surface area contributed by atoms with E-state index in [9.17, 15) is 0 Å². The van der Waals surface area contributed by atoms with Crippen LogP contribution in [0.25, 0.3) is 0 Å². The number of nitrogens with one attached hydrogen (secondary N) is 2. The Hall–Kier alpha value is -1.27. The molecule has 0 heterocycles. The number of hydrogen-bond acceptors (Lipinski definition) is 3. The zero-order valence-corrected chi connectivity index (χ0v) is 15.4. The van der Waals surface area contributed by atoms with E-state index in [0.717, 1.165) is 35.3 Å². The molecule has 5 nitrogen and oxygen atoms in total. The molecule has 1 unspecified atom stereocenters. The number of halogens is 1. The Bertz CT molecular complexity index is 506. The predicted octanol–water partition coefficient (Wildman–Crippen LogP) is 2.81. The van der Waals surface area contributed by atoms with Gasteiger partial charge in [0.2, 0.25) is 0 Å². The molecule has 0 radical (unpaired) electrons. The van der Waals surface area contributed by atoms with E-state index in [-0.39, 0.29) is 6.10 Å². The van der Waals surface area contributed by atoms with Gasteiger partial charge in [0.05, 0.1) is 17.6 Å². The molecule has 2 N–H and O–H groups in total. The maximum absolute atomic E-state index is 5.90. The van der Waals surface area contributed by atoms with Gasteiger partial charge in [0, 0.05) is 20.2 Å². The number of rotatable bonds is 9. The van der Waals surface area contributed by atoms with E-state index in [2.05, 4.69) is 31.6 Å². The summed E-state index contributed by atoms with van der Waals surface area (Å²) in [4.78, 5) is 4.20. The SMILES string of the molecule is CN=C(NCCOCC1CC1)NCC(C)Oc1ccccc1Br. The molecule has 0 saturated heterocycles. The quantitative estimate of drug-likeness (QED) is 0.391. The Kier molecular flexibility index (Phi) is 7.68. The highest BCUT2D eigenvalue weighted by atomic mass is 79.9. The predicted molar refractivity (Wildman–Crippen MR) is 97.1 cm³/mol. The van der Waals surface area contributed by atoms with Crippen LogP contribution in [0, 0.1) is 5.92 Å². The lowest BCUT2D eigenvalue weighted by atomic mass is 10.3. The van der Waals surface area contributed by atoms with Crippen LogP contribution in [0.5, 0.6) is 5.75 Å². The molecular weight excluding hydrogens is 358 g/mol. The number of nitrogens with zero attached hydrogens (tertiary/aromatic N) is 1. The number of benzene rings is 1. The second-order valence-electron chi connectivity index (χ2n) is 5.76. The van der Waals surface area contributed by atoms with Crippen molar-refractivity contribution in [3.05, 3.63) is 28.7 Å². The van der Waals surface area contributed by atoms with Gasteiger partial charge in [-0.1, -0.05) is 12.1 Å². The minimum Gasteiger partial charge on any atom is -0.488 e. The lowest BCUT2D eigenvalue weighted by molar-refractivity contribution is 0.129. The highest BCUT2D eigenvalue weighted by Gasteiger charge is 2.20. The van der Waals surface area contributed by atoms with Gasteiger partial charge in [-0.2, -0.15) is 0 Å².